The van der Waals surface area contributed by atoms with E-state index in [0.29, 0.717) is 6.42 Å². The summed E-state index contributed by atoms with van der Waals surface area (Å²) in [6, 6.07) is 0. The largest absolute Gasteiger partial charge is 0.469 e. The summed E-state index contributed by atoms with van der Waals surface area (Å²) in [7, 11) is -4.76. The molecule has 8 nitrogen and oxygen atoms in total. The minimum atomic E-state index is -4.76. The summed E-state index contributed by atoms with van der Waals surface area (Å²) in [6.45, 7) is 3.56. The van der Waals surface area contributed by atoms with E-state index in [4.69, 9.17) is 19.3 Å². The number of carbonyl (C=O) groups is 2. The van der Waals surface area contributed by atoms with Crippen LogP contribution in [-0.2, 0) is 28.2 Å². The van der Waals surface area contributed by atoms with E-state index in [2.05, 4.69) is 79.1 Å². The molecule has 0 aromatic rings. The lowest BCUT2D eigenvalue weighted by Gasteiger charge is -2.18. The van der Waals surface area contributed by atoms with Crippen LogP contribution in [0.4, 0.5) is 0 Å². The molecule has 2 N–H and O–H groups in total. The topological polar surface area (TPSA) is 119 Å². The second-order valence-electron chi connectivity index (χ2n) is 15.0. The van der Waals surface area contributed by atoms with Crippen LogP contribution in [0.1, 0.15) is 206 Å². The van der Waals surface area contributed by atoms with Crippen LogP contribution in [0.15, 0.2) is 60.8 Å². The summed E-state index contributed by atoms with van der Waals surface area (Å²) in [5, 5.41) is 0. The molecule has 0 saturated carbocycles. The Hall–Kier alpha value is -2.25. The first-order valence-electron chi connectivity index (χ1n) is 22.6. The van der Waals surface area contributed by atoms with Crippen molar-refractivity contribution in [2.24, 2.45) is 0 Å². The Kier molecular flexibility index (Phi) is 40.7. The quantitative estimate of drug-likeness (QED) is 0.0271. The average Bonchev–Trinajstić information content (AvgIpc) is 3.17. The Labute approximate surface area is 343 Å². The summed E-state index contributed by atoms with van der Waals surface area (Å²) in [4.78, 5) is 43.0. The molecule has 0 bridgehead atoms. The first-order valence-corrected chi connectivity index (χ1v) is 24.1. The molecule has 0 amide bonds. The van der Waals surface area contributed by atoms with Gasteiger partial charge in [0, 0.05) is 12.8 Å². The van der Waals surface area contributed by atoms with Gasteiger partial charge in [0.25, 0.3) is 0 Å². The first-order chi connectivity index (χ1) is 27.3. The second kappa shape index (κ2) is 42.4. The SMILES string of the molecule is CC/C=C\C/C=C\C/C=C\CCCCCCCCCC(=O)OC(COC(=O)CCCCCCCCCCC/C=C\C/C=C\CCCCCCC)COP(=O)(O)O. The van der Waals surface area contributed by atoms with E-state index in [1.165, 1.54) is 89.9 Å². The predicted molar refractivity (Wildman–Crippen MR) is 234 cm³/mol. The fraction of sp³-hybridized carbons (Fsp3) is 0.745. The Morgan fingerprint density at radius 2 is 0.857 bits per heavy atom. The van der Waals surface area contributed by atoms with Gasteiger partial charge in [-0.15, -0.1) is 0 Å². The predicted octanol–water partition coefficient (Wildman–Crippen LogP) is 14.1. The van der Waals surface area contributed by atoms with Crippen LogP contribution in [0.3, 0.4) is 0 Å². The van der Waals surface area contributed by atoms with E-state index in [-0.39, 0.29) is 19.4 Å². The monoisotopic (exact) mass is 807 g/mol. The highest BCUT2D eigenvalue weighted by Crippen LogP contribution is 2.36. The summed E-state index contributed by atoms with van der Waals surface area (Å²) < 4.78 is 26.4. The molecule has 324 valence electrons. The molecule has 56 heavy (non-hydrogen) atoms. The smallest absolute Gasteiger partial charge is 0.462 e. The number of hydrogen-bond donors (Lipinski definition) is 2. The average molecular weight is 807 g/mol. The van der Waals surface area contributed by atoms with Gasteiger partial charge in [0.1, 0.15) is 6.61 Å². The maximum atomic E-state index is 12.4. The van der Waals surface area contributed by atoms with Crippen LogP contribution in [0.5, 0.6) is 0 Å². The van der Waals surface area contributed by atoms with Crippen molar-refractivity contribution in [3.63, 3.8) is 0 Å². The number of unbranched alkanes of at least 4 members (excludes halogenated alkanes) is 21. The van der Waals surface area contributed by atoms with Gasteiger partial charge in [-0.2, -0.15) is 0 Å². The van der Waals surface area contributed by atoms with Gasteiger partial charge in [-0.3, -0.25) is 14.1 Å². The Morgan fingerprint density at radius 3 is 1.29 bits per heavy atom. The van der Waals surface area contributed by atoms with E-state index in [0.717, 1.165) is 83.5 Å². The van der Waals surface area contributed by atoms with Gasteiger partial charge in [-0.05, 0) is 77.0 Å². The zero-order chi connectivity index (χ0) is 41.1. The maximum absolute atomic E-state index is 12.4. The van der Waals surface area contributed by atoms with E-state index in [9.17, 15) is 14.2 Å². The molecule has 0 heterocycles. The molecule has 0 aromatic heterocycles. The fourth-order valence-electron chi connectivity index (χ4n) is 6.18. The minimum Gasteiger partial charge on any atom is -0.462 e. The van der Waals surface area contributed by atoms with Gasteiger partial charge in [0.05, 0.1) is 6.61 Å². The van der Waals surface area contributed by atoms with Crippen LogP contribution in [0, 0.1) is 0 Å². The van der Waals surface area contributed by atoms with Crippen LogP contribution in [-0.4, -0.2) is 41.0 Å². The Morgan fingerprint density at radius 1 is 0.482 bits per heavy atom. The molecular weight excluding hydrogens is 723 g/mol. The number of esters is 2. The van der Waals surface area contributed by atoms with E-state index in [1.54, 1.807) is 0 Å². The number of allylic oxidation sites excluding steroid dienone is 10. The number of hydrogen-bond acceptors (Lipinski definition) is 6. The van der Waals surface area contributed by atoms with Crippen molar-refractivity contribution in [1.82, 2.24) is 0 Å². The fourth-order valence-corrected chi connectivity index (χ4v) is 6.54. The summed E-state index contributed by atoms with van der Waals surface area (Å²) in [6.07, 6.45) is 53.7. The van der Waals surface area contributed by atoms with Crippen molar-refractivity contribution in [1.29, 1.82) is 0 Å². The van der Waals surface area contributed by atoms with Crippen LogP contribution in [0.2, 0.25) is 0 Å². The highest BCUT2D eigenvalue weighted by atomic mass is 31.2. The first kappa shape index (κ1) is 53.8. The summed E-state index contributed by atoms with van der Waals surface area (Å²) >= 11 is 0. The summed E-state index contributed by atoms with van der Waals surface area (Å²) in [5.41, 5.74) is 0. The Bertz CT molecular complexity index is 1090. The molecule has 9 heteroatoms. The molecule has 0 saturated heterocycles. The highest BCUT2D eigenvalue weighted by molar-refractivity contribution is 7.46. The molecule has 1 unspecified atom stereocenters. The Balaban J connectivity index is 3.90. The van der Waals surface area contributed by atoms with Gasteiger partial charge >= 0.3 is 19.8 Å². The number of phosphoric ester groups is 1. The second-order valence-corrected chi connectivity index (χ2v) is 16.2. The summed E-state index contributed by atoms with van der Waals surface area (Å²) in [5.74, 6) is -0.900. The molecule has 0 aromatic carbocycles. The van der Waals surface area contributed by atoms with Gasteiger partial charge in [-0.1, -0.05) is 177 Å². The van der Waals surface area contributed by atoms with Gasteiger partial charge in [0.15, 0.2) is 6.10 Å². The number of ether oxygens (including phenoxy) is 2. The minimum absolute atomic E-state index is 0.198. The lowest BCUT2D eigenvalue weighted by molar-refractivity contribution is -0.161. The van der Waals surface area contributed by atoms with E-state index < -0.39 is 32.5 Å². The molecule has 0 aliphatic rings. The molecule has 0 rings (SSSR count). The van der Waals surface area contributed by atoms with Crippen molar-refractivity contribution in [3.05, 3.63) is 60.8 Å². The number of phosphoric acid groups is 1. The van der Waals surface area contributed by atoms with Crippen LogP contribution < -0.4 is 0 Å². The van der Waals surface area contributed by atoms with Crippen LogP contribution in [0.25, 0.3) is 0 Å². The third-order valence-corrected chi connectivity index (χ3v) is 10.0. The third-order valence-electron chi connectivity index (χ3n) is 9.52. The molecule has 0 fully saturated rings. The van der Waals surface area contributed by atoms with Gasteiger partial charge in [-0.25, -0.2) is 4.57 Å². The van der Waals surface area contributed by atoms with E-state index >= 15 is 0 Å². The molecule has 0 spiro atoms. The molecular formula is C47H83O8P. The van der Waals surface area contributed by atoms with Crippen molar-refractivity contribution >= 4 is 19.8 Å². The molecule has 0 aliphatic heterocycles. The lowest BCUT2D eigenvalue weighted by Crippen LogP contribution is -2.29. The van der Waals surface area contributed by atoms with Gasteiger partial charge in [0.2, 0.25) is 0 Å². The maximum Gasteiger partial charge on any atom is 0.469 e. The van der Waals surface area contributed by atoms with Crippen molar-refractivity contribution < 1.29 is 37.9 Å². The standard InChI is InChI=1S/C47H83O8P/c1-3-5-7-9-11-13-15-17-19-21-22-23-24-26-27-29-31-33-35-37-39-41-46(48)53-43-45(44-54-56(50,51)52)55-47(49)42-40-38-36-34-32-30-28-25-20-18-16-14-12-10-8-6-4-2/h6,8,12,14-15,17-18,20-22,45H,3-5,7,9-11,13,16,19,23-44H2,1-2H3,(H2,50,51,52)/b8-6-,14-12-,17-15-,20-18-,22-21-. The van der Waals surface area contributed by atoms with Crippen molar-refractivity contribution in [3.8, 4) is 0 Å². The molecule has 1 atom stereocenters. The van der Waals surface area contributed by atoms with Crippen LogP contribution >= 0.6 is 7.82 Å². The zero-order valence-electron chi connectivity index (χ0n) is 35.8. The molecule has 0 radical (unpaired) electrons. The number of rotatable bonds is 41. The van der Waals surface area contributed by atoms with Crippen molar-refractivity contribution in [2.45, 2.75) is 213 Å². The van der Waals surface area contributed by atoms with Crippen molar-refractivity contribution in [2.75, 3.05) is 13.2 Å². The third kappa shape index (κ3) is 44.5. The normalized spacial score (nSPS) is 13.0. The highest BCUT2D eigenvalue weighted by Gasteiger charge is 2.22. The van der Waals surface area contributed by atoms with Gasteiger partial charge < -0.3 is 19.3 Å². The lowest BCUT2D eigenvalue weighted by atomic mass is 10.1. The molecule has 0 aliphatic carbocycles. The van der Waals surface area contributed by atoms with E-state index in [1.807, 2.05) is 0 Å². The number of carbonyl (C=O) groups excluding carboxylic acids is 2. The zero-order valence-corrected chi connectivity index (χ0v) is 36.7.